The van der Waals surface area contributed by atoms with Crippen LogP contribution in [0.15, 0.2) is 42.9 Å². The number of aromatic nitrogens is 3. The van der Waals surface area contributed by atoms with Crippen LogP contribution in [-0.4, -0.2) is 14.6 Å². The molecule has 0 aliphatic carbocycles. The Morgan fingerprint density at radius 1 is 1.22 bits per heavy atom. The van der Waals surface area contributed by atoms with Gasteiger partial charge in [-0.25, -0.2) is 0 Å². The van der Waals surface area contributed by atoms with Crippen LogP contribution in [0.2, 0.25) is 0 Å². The maximum atomic E-state index is 5.80. The molecule has 0 unspecified atom stereocenters. The van der Waals surface area contributed by atoms with Crippen LogP contribution in [0, 0.1) is 6.92 Å². The van der Waals surface area contributed by atoms with Gasteiger partial charge in [-0.2, -0.15) is 0 Å². The molecule has 0 aliphatic rings. The van der Waals surface area contributed by atoms with Crippen LogP contribution in [0.25, 0.3) is 5.65 Å². The van der Waals surface area contributed by atoms with Gasteiger partial charge in [-0.3, -0.25) is 4.40 Å². The fourth-order valence-electron chi connectivity index (χ4n) is 1.78. The van der Waals surface area contributed by atoms with E-state index in [0.717, 1.165) is 28.4 Å². The molecule has 90 valence electrons. The maximum Gasteiger partial charge on any atom is 0.164 e. The Bertz CT molecular complexity index is 705. The Balaban J connectivity index is 1.95. The van der Waals surface area contributed by atoms with Crippen molar-refractivity contribution < 1.29 is 4.74 Å². The Hall–Kier alpha value is -2.56. The average Bonchev–Trinajstić information content (AvgIpc) is 2.80. The highest BCUT2D eigenvalue weighted by Crippen LogP contribution is 2.26. The number of hydrogen-bond donors (Lipinski definition) is 1. The van der Waals surface area contributed by atoms with Crippen LogP contribution >= 0.6 is 0 Å². The lowest BCUT2D eigenvalue weighted by atomic mass is 10.2. The molecule has 18 heavy (non-hydrogen) atoms. The Morgan fingerprint density at radius 2 is 2.11 bits per heavy atom. The topological polar surface area (TPSA) is 65.4 Å². The lowest BCUT2D eigenvalue weighted by Gasteiger charge is -2.09. The van der Waals surface area contributed by atoms with E-state index in [2.05, 4.69) is 10.2 Å². The molecule has 2 heterocycles. The van der Waals surface area contributed by atoms with E-state index < -0.39 is 0 Å². The van der Waals surface area contributed by atoms with Crippen molar-refractivity contribution in [1.82, 2.24) is 14.6 Å². The van der Waals surface area contributed by atoms with E-state index in [-0.39, 0.29) is 0 Å². The van der Waals surface area contributed by atoms with Crippen LogP contribution < -0.4 is 10.5 Å². The fourth-order valence-corrected chi connectivity index (χ4v) is 1.78. The standard InChI is InChI=1S/C13H12N4O/c1-9-6-10(14)2-3-12(9)18-11-4-5-17-8-15-16-13(17)7-11/h2-8H,14H2,1H3. The highest BCUT2D eigenvalue weighted by atomic mass is 16.5. The summed E-state index contributed by atoms with van der Waals surface area (Å²) < 4.78 is 7.63. The molecule has 5 nitrogen and oxygen atoms in total. The number of rotatable bonds is 2. The van der Waals surface area contributed by atoms with Crippen molar-refractivity contribution in [3.8, 4) is 11.5 Å². The third kappa shape index (κ3) is 1.86. The van der Waals surface area contributed by atoms with Gasteiger partial charge in [-0.05, 0) is 36.8 Å². The minimum absolute atomic E-state index is 0.725. The van der Waals surface area contributed by atoms with Gasteiger partial charge in [-0.15, -0.1) is 10.2 Å². The summed E-state index contributed by atoms with van der Waals surface area (Å²) in [5.41, 5.74) is 8.18. The number of anilines is 1. The van der Waals surface area contributed by atoms with E-state index in [0.29, 0.717) is 0 Å². The summed E-state index contributed by atoms with van der Waals surface area (Å²) >= 11 is 0. The van der Waals surface area contributed by atoms with Crippen molar-refractivity contribution in [1.29, 1.82) is 0 Å². The second-order valence-electron chi connectivity index (χ2n) is 4.09. The summed E-state index contributed by atoms with van der Waals surface area (Å²) in [5, 5.41) is 7.79. The summed E-state index contributed by atoms with van der Waals surface area (Å²) in [4.78, 5) is 0. The van der Waals surface area contributed by atoms with Crippen molar-refractivity contribution in [3.63, 3.8) is 0 Å². The number of ether oxygens (including phenoxy) is 1. The van der Waals surface area contributed by atoms with Crippen LogP contribution in [0.5, 0.6) is 11.5 Å². The SMILES string of the molecule is Cc1cc(N)ccc1Oc1ccn2cnnc2c1. The first-order valence-corrected chi connectivity index (χ1v) is 5.56. The van der Waals surface area contributed by atoms with Crippen molar-refractivity contribution in [2.75, 3.05) is 5.73 Å². The molecular formula is C13H12N4O. The molecule has 2 N–H and O–H groups in total. The number of benzene rings is 1. The summed E-state index contributed by atoms with van der Waals surface area (Å²) in [5.74, 6) is 1.51. The van der Waals surface area contributed by atoms with E-state index in [9.17, 15) is 0 Å². The first-order valence-electron chi connectivity index (χ1n) is 5.56. The molecule has 0 atom stereocenters. The summed E-state index contributed by atoms with van der Waals surface area (Å²) in [7, 11) is 0. The van der Waals surface area contributed by atoms with Crippen LogP contribution in [0.1, 0.15) is 5.56 Å². The third-order valence-corrected chi connectivity index (χ3v) is 2.70. The lowest BCUT2D eigenvalue weighted by Crippen LogP contribution is -1.91. The fraction of sp³-hybridized carbons (Fsp3) is 0.0769. The van der Waals surface area contributed by atoms with Crippen molar-refractivity contribution >= 4 is 11.3 Å². The molecule has 0 spiro atoms. The molecule has 0 saturated carbocycles. The van der Waals surface area contributed by atoms with Crippen molar-refractivity contribution in [3.05, 3.63) is 48.4 Å². The van der Waals surface area contributed by atoms with Crippen LogP contribution in [-0.2, 0) is 0 Å². The van der Waals surface area contributed by atoms with E-state index in [4.69, 9.17) is 10.5 Å². The van der Waals surface area contributed by atoms with Gasteiger partial charge >= 0.3 is 0 Å². The molecule has 0 saturated heterocycles. The van der Waals surface area contributed by atoms with E-state index in [1.807, 2.05) is 47.9 Å². The molecule has 3 aromatic rings. The second kappa shape index (κ2) is 4.03. The van der Waals surface area contributed by atoms with Gasteiger partial charge in [0.15, 0.2) is 5.65 Å². The Morgan fingerprint density at radius 3 is 2.94 bits per heavy atom. The molecule has 2 aromatic heterocycles. The molecule has 0 aliphatic heterocycles. The molecule has 0 radical (unpaired) electrons. The molecule has 5 heteroatoms. The van der Waals surface area contributed by atoms with Gasteiger partial charge in [0.05, 0.1) is 0 Å². The zero-order valence-electron chi connectivity index (χ0n) is 9.87. The van der Waals surface area contributed by atoms with Crippen molar-refractivity contribution in [2.24, 2.45) is 0 Å². The zero-order chi connectivity index (χ0) is 12.5. The quantitative estimate of drug-likeness (QED) is 0.698. The van der Waals surface area contributed by atoms with Crippen LogP contribution in [0.3, 0.4) is 0 Å². The summed E-state index contributed by atoms with van der Waals surface area (Å²) in [6.07, 6.45) is 3.50. The maximum absolute atomic E-state index is 5.80. The molecule has 0 fully saturated rings. The summed E-state index contributed by atoms with van der Waals surface area (Å²) in [6, 6.07) is 9.26. The molecule has 1 aromatic carbocycles. The number of pyridine rings is 1. The smallest absolute Gasteiger partial charge is 0.164 e. The van der Waals surface area contributed by atoms with Crippen LogP contribution in [0.4, 0.5) is 5.69 Å². The van der Waals surface area contributed by atoms with Gasteiger partial charge in [0, 0.05) is 18.0 Å². The number of nitrogens with two attached hydrogens (primary N) is 1. The molecule has 3 rings (SSSR count). The second-order valence-corrected chi connectivity index (χ2v) is 4.09. The minimum atomic E-state index is 0.725. The largest absolute Gasteiger partial charge is 0.457 e. The van der Waals surface area contributed by atoms with Gasteiger partial charge in [-0.1, -0.05) is 0 Å². The normalized spacial score (nSPS) is 10.7. The minimum Gasteiger partial charge on any atom is -0.457 e. The number of fused-ring (bicyclic) bond motifs is 1. The highest BCUT2D eigenvalue weighted by Gasteiger charge is 2.03. The predicted octanol–water partition coefficient (Wildman–Crippen LogP) is 2.41. The van der Waals surface area contributed by atoms with E-state index in [1.54, 1.807) is 6.33 Å². The van der Waals surface area contributed by atoms with Gasteiger partial charge in [0.2, 0.25) is 0 Å². The zero-order valence-corrected chi connectivity index (χ0v) is 9.87. The first-order chi connectivity index (χ1) is 8.72. The van der Waals surface area contributed by atoms with E-state index in [1.165, 1.54) is 0 Å². The summed E-state index contributed by atoms with van der Waals surface area (Å²) in [6.45, 7) is 1.96. The van der Waals surface area contributed by atoms with E-state index >= 15 is 0 Å². The number of nitrogens with zero attached hydrogens (tertiary/aromatic N) is 3. The first kappa shape index (κ1) is 10.6. The monoisotopic (exact) mass is 240 g/mol. The lowest BCUT2D eigenvalue weighted by molar-refractivity contribution is 0.478. The van der Waals surface area contributed by atoms with Gasteiger partial charge < -0.3 is 10.5 Å². The molecule has 0 bridgehead atoms. The number of hydrogen-bond acceptors (Lipinski definition) is 4. The molecular weight excluding hydrogens is 228 g/mol. The predicted molar refractivity (Wildman–Crippen MR) is 68.7 cm³/mol. The number of nitrogen functional groups attached to an aromatic ring is 1. The molecule has 0 amide bonds. The number of aryl methyl sites for hydroxylation is 1. The van der Waals surface area contributed by atoms with Gasteiger partial charge in [0.1, 0.15) is 17.8 Å². The Kier molecular flexibility index (Phi) is 2.37. The Labute approximate surface area is 104 Å². The van der Waals surface area contributed by atoms with Crippen molar-refractivity contribution in [2.45, 2.75) is 6.92 Å². The highest BCUT2D eigenvalue weighted by molar-refractivity contribution is 5.50. The third-order valence-electron chi connectivity index (χ3n) is 2.70. The average molecular weight is 240 g/mol. The van der Waals surface area contributed by atoms with Gasteiger partial charge in [0.25, 0.3) is 0 Å².